The molecule has 1 fully saturated rings. The van der Waals surface area contributed by atoms with E-state index >= 15 is 0 Å². The number of amides is 1. The summed E-state index contributed by atoms with van der Waals surface area (Å²) in [6.07, 6.45) is 3.18. The van der Waals surface area contributed by atoms with Gasteiger partial charge in [-0.2, -0.15) is 0 Å². The summed E-state index contributed by atoms with van der Waals surface area (Å²) in [6, 6.07) is 7.81. The zero-order valence-electron chi connectivity index (χ0n) is 14.5. The molecule has 2 atom stereocenters. The van der Waals surface area contributed by atoms with Crippen molar-refractivity contribution < 1.29 is 14.3 Å². The Morgan fingerprint density at radius 2 is 1.70 bits per heavy atom. The fourth-order valence-electron chi connectivity index (χ4n) is 3.20. The first-order valence-electron chi connectivity index (χ1n) is 8.48. The predicted octanol–water partition coefficient (Wildman–Crippen LogP) is 3.76. The zero-order valence-corrected chi connectivity index (χ0v) is 14.5. The second-order valence-corrected chi connectivity index (χ2v) is 6.78. The van der Waals surface area contributed by atoms with E-state index in [0.29, 0.717) is 11.5 Å². The average Bonchev–Trinajstić information content (AvgIpc) is 2.52. The standard InChI is InChI=1S/C19H27NO3/c1-13(2)16-8-10-17(11-9-16)19(22)23-12-18(21)20-14(3)6-5-7-15(20)4/h8-11,13-15H,5-7,12H2,1-4H3/t14-,15-/m0/s1. The third kappa shape index (κ3) is 4.34. The summed E-state index contributed by atoms with van der Waals surface area (Å²) < 4.78 is 5.21. The number of benzene rings is 1. The lowest BCUT2D eigenvalue weighted by atomic mass is 9.97. The van der Waals surface area contributed by atoms with Crippen molar-refractivity contribution in [2.75, 3.05) is 6.61 Å². The monoisotopic (exact) mass is 317 g/mol. The maximum atomic E-state index is 12.3. The van der Waals surface area contributed by atoms with E-state index < -0.39 is 5.97 Å². The zero-order chi connectivity index (χ0) is 17.0. The number of carbonyl (C=O) groups is 2. The average molecular weight is 317 g/mol. The van der Waals surface area contributed by atoms with Crippen molar-refractivity contribution >= 4 is 11.9 Å². The van der Waals surface area contributed by atoms with Crippen LogP contribution in [0.3, 0.4) is 0 Å². The van der Waals surface area contributed by atoms with Crippen molar-refractivity contribution in [1.82, 2.24) is 4.90 Å². The van der Waals surface area contributed by atoms with E-state index in [1.807, 2.05) is 17.0 Å². The highest BCUT2D eigenvalue weighted by molar-refractivity contribution is 5.91. The molecule has 0 aromatic heterocycles. The van der Waals surface area contributed by atoms with E-state index in [0.717, 1.165) is 19.3 Å². The summed E-state index contributed by atoms with van der Waals surface area (Å²) >= 11 is 0. The van der Waals surface area contributed by atoms with Gasteiger partial charge in [-0.25, -0.2) is 4.79 Å². The van der Waals surface area contributed by atoms with Crippen LogP contribution in [0, 0.1) is 0 Å². The SMILES string of the molecule is CC(C)c1ccc(C(=O)OCC(=O)N2[C@@H](C)CCC[C@@H]2C)cc1. The van der Waals surface area contributed by atoms with E-state index in [4.69, 9.17) is 4.74 Å². The Balaban J connectivity index is 1.91. The molecule has 126 valence electrons. The Kier molecular flexibility index (Phi) is 5.80. The van der Waals surface area contributed by atoms with Crippen molar-refractivity contribution in [3.8, 4) is 0 Å². The van der Waals surface area contributed by atoms with Crippen molar-refractivity contribution in [1.29, 1.82) is 0 Å². The van der Waals surface area contributed by atoms with Gasteiger partial charge in [0.25, 0.3) is 5.91 Å². The lowest BCUT2D eigenvalue weighted by Gasteiger charge is -2.38. The number of nitrogens with zero attached hydrogens (tertiary/aromatic N) is 1. The van der Waals surface area contributed by atoms with Gasteiger partial charge in [-0.1, -0.05) is 26.0 Å². The smallest absolute Gasteiger partial charge is 0.338 e. The van der Waals surface area contributed by atoms with Crippen LogP contribution in [0.15, 0.2) is 24.3 Å². The predicted molar refractivity (Wildman–Crippen MR) is 90.4 cm³/mol. The normalized spacial score (nSPS) is 21.3. The fourth-order valence-corrected chi connectivity index (χ4v) is 3.20. The fraction of sp³-hybridized carbons (Fsp3) is 0.579. The largest absolute Gasteiger partial charge is 0.452 e. The second-order valence-electron chi connectivity index (χ2n) is 6.78. The lowest BCUT2D eigenvalue weighted by molar-refractivity contribution is -0.140. The van der Waals surface area contributed by atoms with Gasteiger partial charge in [0.1, 0.15) is 0 Å². The number of esters is 1. The van der Waals surface area contributed by atoms with Crippen molar-refractivity contribution in [2.24, 2.45) is 0 Å². The van der Waals surface area contributed by atoms with Crippen molar-refractivity contribution in [3.63, 3.8) is 0 Å². The highest BCUT2D eigenvalue weighted by Gasteiger charge is 2.29. The first kappa shape index (κ1) is 17.5. The molecule has 0 aliphatic carbocycles. The molecule has 0 radical (unpaired) electrons. The van der Waals surface area contributed by atoms with Crippen LogP contribution in [-0.2, 0) is 9.53 Å². The summed E-state index contributed by atoms with van der Waals surface area (Å²) in [4.78, 5) is 26.3. The van der Waals surface area contributed by atoms with Crippen LogP contribution in [0.25, 0.3) is 0 Å². The third-order valence-corrected chi connectivity index (χ3v) is 4.62. The minimum Gasteiger partial charge on any atom is -0.452 e. The van der Waals surface area contributed by atoms with Crippen LogP contribution in [0.2, 0.25) is 0 Å². The van der Waals surface area contributed by atoms with E-state index in [-0.39, 0.29) is 24.6 Å². The molecule has 23 heavy (non-hydrogen) atoms. The van der Waals surface area contributed by atoms with E-state index in [2.05, 4.69) is 27.7 Å². The number of likely N-dealkylation sites (tertiary alicyclic amines) is 1. The molecule has 1 amide bonds. The van der Waals surface area contributed by atoms with Gasteiger partial charge in [-0.15, -0.1) is 0 Å². The Hall–Kier alpha value is -1.84. The molecule has 1 heterocycles. The van der Waals surface area contributed by atoms with Gasteiger partial charge < -0.3 is 9.64 Å². The number of hydrogen-bond donors (Lipinski definition) is 0. The summed E-state index contributed by atoms with van der Waals surface area (Å²) in [7, 11) is 0. The quantitative estimate of drug-likeness (QED) is 0.794. The molecule has 0 N–H and O–H groups in total. The van der Waals surface area contributed by atoms with Gasteiger partial charge in [0, 0.05) is 12.1 Å². The van der Waals surface area contributed by atoms with Crippen molar-refractivity contribution in [3.05, 3.63) is 35.4 Å². The van der Waals surface area contributed by atoms with Crippen LogP contribution < -0.4 is 0 Å². The molecule has 0 saturated carbocycles. The summed E-state index contributed by atoms with van der Waals surface area (Å²) in [5, 5.41) is 0. The molecule has 0 spiro atoms. The van der Waals surface area contributed by atoms with Crippen LogP contribution >= 0.6 is 0 Å². The number of ether oxygens (including phenoxy) is 1. The summed E-state index contributed by atoms with van der Waals surface area (Å²) in [5.74, 6) is -0.119. The van der Waals surface area contributed by atoms with Crippen LogP contribution in [0.5, 0.6) is 0 Å². The molecule has 1 aromatic rings. The van der Waals surface area contributed by atoms with Gasteiger partial charge >= 0.3 is 5.97 Å². The van der Waals surface area contributed by atoms with Crippen LogP contribution in [0.4, 0.5) is 0 Å². The molecule has 1 aromatic carbocycles. The number of piperidine rings is 1. The molecule has 0 unspecified atom stereocenters. The Morgan fingerprint density at radius 1 is 1.13 bits per heavy atom. The van der Waals surface area contributed by atoms with Gasteiger partial charge in [0.05, 0.1) is 5.56 Å². The Bertz CT molecular complexity index is 540. The van der Waals surface area contributed by atoms with Gasteiger partial charge in [-0.3, -0.25) is 4.79 Å². The van der Waals surface area contributed by atoms with E-state index in [1.165, 1.54) is 5.56 Å². The first-order chi connectivity index (χ1) is 10.9. The third-order valence-electron chi connectivity index (χ3n) is 4.62. The molecule has 2 rings (SSSR count). The van der Waals surface area contributed by atoms with Crippen LogP contribution in [0.1, 0.15) is 68.8 Å². The molecular formula is C19H27NO3. The van der Waals surface area contributed by atoms with Crippen molar-refractivity contribution in [2.45, 2.75) is 65.0 Å². The molecule has 1 aliphatic rings. The minimum atomic E-state index is -0.439. The summed E-state index contributed by atoms with van der Waals surface area (Å²) in [5.41, 5.74) is 1.66. The number of carbonyl (C=O) groups excluding carboxylic acids is 2. The second kappa shape index (κ2) is 7.62. The first-order valence-corrected chi connectivity index (χ1v) is 8.48. The Labute approximate surface area is 138 Å². The van der Waals surface area contributed by atoms with Gasteiger partial charge in [-0.05, 0) is 56.7 Å². The minimum absolute atomic E-state index is 0.100. The topological polar surface area (TPSA) is 46.6 Å². The molecule has 1 aliphatic heterocycles. The molecule has 4 nitrogen and oxygen atoms in total. The molecule has 0 bridgehead atoms. The van der Waals surface area contributed by atoms with E-state index in [9.17, 15) is 9.59 Å². The number of rotatable bonds is 4. The van der Waals surface area contributed by atoms with Crippen LogP contribution in [-0.4, -0.2) is 35.5 Å². The van der Waals surface area contributed by atoms with Gasteiger partial charge in [0.2, 0.25) is 0 Å². The Morgan fingerprint density at radius 3 is 2.22 bits per heavy atom. The molecular weight excluding hydrogens is 290 g/mol. The lowest BCUT2D eigenvalue weighted by Crippen LogP contribution is -2.49. The highest BCUT2D eigenvalue weighted by Crippen LogP contribution is 2.22. The maximum absolute atomic E-state index is 12.3. The van der Waals surface area contributed by atoms with E-state index in [1.54, 1.807) is 12.1 Å². The summed E-state index contributed by atoms with van der Waals surface area (Å²) in [6.45, 7) is 8.14. The highest BCUT2D eigenvalue weighted by atomic mass is 16.5. The molecule has 1 saturated heterocycles. The molecule has 4 heteroatoms. The van der Waals surface area contributed by atoms with Gasteiger partial charge in [0.15, 0.2) is 6.61 Å². The number of hydrogen-bond acceptors (Lipinski definition) is 3. The maximum Gasteiger partial charge on any atom is 0.338 e.